The van der Waals surface area contributed by atoms with Crippen molar-refractivity contribution in [2.45, 2.75) is 6.42 Å². The van der Waals surface area contributed by atoms with Gasteiger partial charge in [0.2, 0.25) is 0 Å². The van der Waals surface area contributed by atoms with Gasteiger partial charge in [-0.2, -0.15) is 0 Å². The molecule has 4 nitrogen and oxygen atoms in total. The van der Waals surface area contributed by atoms with Gasteiger partial charge in [-0.1, -0.05) is 24.3 Å². The van der Waals surface area contributed by atoms with Crippen LogP contribution >= 0.6 is 0 Å². The van der Waals surface area contributed by atoms with Gasteiger partial charge in [-0.05, 0) is 42.3 Å². The van der Waals surface area contributed by atoms with Gasteiger partial charge in [-0.15, -0.1) is 0 Å². The van der Waals surface area contributed by atoms with E-state index in [1.54, 1.807) is 24.3 Å². The first-order valence-corrected chi connectivity index (χ1v) is 8.03. The summed E-state index contributed by atoms with van der Waals surface area (Å²) in [5, 5.41) is 0. The highest BCUT2D eigenvalue weighted by Gasteiger charge is 2.35. The molecule has 0 spiro atoms. The normalized spacial score (nSPS) is 14.0. The van der Waals surface area contributed by atoms with Crippen LogP contribution in [-0.2, 0) is 6.42 Å². The topological polar surface area (TPSA) is 40.6 Å². The highest BCUT2D eigenvalue weighted by atomic mass is 19.1. The van der Waals surface area contributed by atoms with Crippen molar-refractivity contribution >= 4 is 17.5 Å². The van der Waals surface area contributed by atoms with E-state index >= 15 is 0 Å². The van der Waals surface area contributed by atoms with Crippen molar-refractivity contribution in [1.29, 1.82) is 0 Å². The number of benzene rings is 2. The molecule has 0 aliphatic carbocycles. The summed E-state index contributed by atoms with van der Waals surface area (Å²) < 4.78 is 14.3. The van der Waals surface area contributed by atoms with E-state index in [2.05, 4.69) is 0 Å². The van der Waals surface area contributed by atoms with E-state index in [9.17, 15) is 14.0 Å². The molecule has 0 saturated carbocycles. The van der Waals surface area contributed by atoms with Crippen LogP contribution in [0.3, 0.4) is 0 Å². The van der Waals surface area contributed by atoms with Gasteiger partial charge in [0.25, 0.3) is 11.8 Å². The number of allylic oxidation sites excluding steroid dienone is 1. The molecule has 128 valence electrons. The zero-order valence-corrected chi connectivity index (χ0v) is 14.2. The van der Waals surface area contributed by atoms with Crippen LogP contribution in [0.5, 0.6) is 0 Å². The van der Waals surface area contributed by atoms with Crippen molar-refractivity contribution < 1.29 is 14.0 Å². The van der Waals surface area contributed by atoms with Crippen molar-refractivity contribution in [2.75, 3.05) is 25.5 Å². The molecule has 25 heavy (non-hydrogen) atoms. The molecular formula is C20H19FN2O2. The lowest BCUT2D eigenvalue weighted by Gasteiger charge is -2.13. The molecule has 3 rings (SSSR count). The average Bonchev–Trinajstić information content (AvgIpc) is 2.85. The summed E-state index contributed by atoms with van der Waals surface area (Å²) in [5.74, 6) is -1.39. The van der Waals surface area contributed by atoms with Crippen molar-refractivity contribution in [1.82, 2.24) is 4.90 Å². The summed E-state index contributed by atoms with van der Waals surface area (Å²) in [6.45, 7) is -0.334. The second-order valence-electron chi connectivity index (χ2n) is 6.16. The van der Waals surface area contributed by atoms with Crippen LogP contribution in [-0.4, -0.2) is 37.4 Å². The second kappa shape index (κ2) is 6.89. The molecule has 1 aliphatic rings. The van der Waals surface area contributed by atoms with Gasteiger partial charge < -0.3 is 4.90 Å². The molecule has 1 aliphatic heterocycles. The van der Waals surface area contributed by atoms with E-state index in [0.717, 1.165) is 16.2 Å². The maximum absolute atomic E-state index is 14.3. The quantitative estimate of drug-likeness (QED) is 0.784. The lowest BCUT2D eigenvalue weighted by molar-refractivity contribution is 0.0660. The van der Waals surface area contributed by atoms with Crippen molar-refractivity contribution in [2.24, 2.45) is 0 Å². The molecule has 0 fully saturated rings. The molecule has 2 amide bonds. The fourth-order valence-electron chi connectivity index (χ4n) is 2.79. The molecular weight excluding hydrogens is 319 g/mol. The third-order valence-corrected chi connectivity index (χ3v) is 4.17. The Labute approximate surface area is 146 Å². The summed E-state index contributed by atoms with van der Waals surface area (Å²) in [5.41, 5.74) is 2.66. The molecule has 0 aromatic heterocycles. The van der Waals surface area contributed by atoms with E-state index < -0.39 is 17.6 Å². The molecule has 0 atom stereocenters. The largest absolute Gasteiger partial charge is 0.378 e. The first-order chi connectivity index (χ1) is 12.0. The average molecular weight is 338 g/mol. The Hall–Kier alpha value is -2.95. The number of carbonyl (C=O) groups is 2. The number of carbonyl (C=O) groups excluding carboxylic acids is 2. The van der Waals surface area contributed by atoms with Gasteiger partial charge in [0, 0.05) is 19.8 Å². The van der Waals surface area contributed by atoms with E-state index in [4.69, 9.17) is 0 Å². The number of hydrogen-bond donors (Lipinski definition) is 0. The highest BCUT2D eigenvalue weighted by molar-refractivity contribution is 6.21. The number of rotatable bonds is 5. The first kappa shape index (κ1) is 16.9. The number of anilines is 1. The molecule has 0 radical (unpaired) electrons. The lowest BCUT2D eigenvalue weighted by Crippen LogP contribution is -2.31. The maximum atomic E-state index is 14.3. The van der Waals surface area contributed by atoms with Gasteiger partial charge in [0.05, 0.1) is 17.7 Å². The highest BCUT2D eigenvalue weighted by Crippen LogP contribution is 2.23. The predicted molar refractivity (Wildman–Crippen MR) is 95.5 cm³/mol. The fourth-order valence-corrected chi connectivity index (χ4v) is 2.79. The van der Waals surface area contributed by atoms with E-state index in [-0.39, 0.29) is 6.54 Å². The zero-order chi connectivity index (χ0) is 18.0. The van der Waals surface area contributed by atoms with Crippen LogP contribution in [0.15, 0.2) is 60.4 Å². The summed E-state index contributed by atoms with van der Waals surface area (Å²) in [6, 6.07) is 14.3. The molecule has 0 N–H and O–H groups in total. The monoisotopic (exact) mass is 338 g/mol. The number of halogens is 1. The lowest BCUT2D eigenvalue weighted by atomic mass is 10.1. The molecule has 5 heteroatoms. The summed E-state index contributed by atoms with van der Waals surface area (Å²) in [6.07, 6.45) is 1.81. The van der Waals surface area contributed by atoms with Gasteiger partial charge >= 0.3 is 0 Å². The van der Waals surface area contributed by atoms with Crippen molar-refractivity contribution in [3.8, 4) is 0 Å². The molecule has 0 saturated heterocycles. The van der Waals surface area contributed by atoms with Crippen molar-refractivity contribution in [3.05, 3.63) is 77.1 Å². The number of amides is 2. The van der Waals surface area contributed by atoms with Crippen LogP contribution in [0.1, 0.15) is 26.3 Å². The second-order valence-corrected chi connectivity index (χ2v) is 6.16. The Balaban J connectivity index is 1.70. The molecule has 2 aromatic carbocycles. The SMILES string of the molecule is CN(C)c1cccc(C/C=C(/F)CN2C(=O)c3ccccc3C2=O)c1. The summed E-state index contributed by atoms with van der Waals surface area (Å²) in [4.78, 5) is 27.4. The number of hydrogen-bond acceptors (Lipinski definition) is 3. The summed E-state index contributed by atoms with van der Waals surface area (Å²) in [7, 11) is 3.88. The molecule has 0 unspecified atom stereocenters. The minimum atomic E-state index is -0.496. The Morgan fingerprint density at radius 3 is 2.28 bits per heavy atom. The van der Waals surface area contributed by atoms with Crippen LogP contribution in [0.25, 0.3) is 0 Å². The Morgan fingerprint density at radius 2 is 1.68 bits per heavy atom. The minimum Gasteiger partial charge on any atom is -0.378 e. The first-order valence-electron chi connectivity index (χ1n) is 8.03. The molecule has 1 heterocycles. The number of imide groups is 1. The third-order valence-electron chi connectivity index (χ3n) is 4.17. The smallest absolute Gasteiger partial charge is 0.261 e. The van der Waals surface area contributed by atoms with Crippen LogP contribution in [0.4, 0.5) is 10.1 Å². The van der Waals surface area contributed by atoms with Crippen LogP contribution in [0.2, 0.25) is 0 Å². The van der Waals surface area contributed by atoms with E-state index in [1.807, 2.05) is 43.3 Å². The van der Waals surface area contributed by atoms with E-state index in [0.29, 0.717) is 17.5 Å². The zero-order valence-electron chi connectivity index (χ0n) is 14.2. The van der Waals surface area contributed by atoms with E-state index in [1.165, 1.54) is 6.08 Å². The van der Waals surface area contributed by atoms with Crippen molar-refractivity contribution in [3.63, 3.8) is 0 Å². The minimum absolute atomic E-state index is 0.332. The van der Waals surface area contributed by atoms with Gasteiger partial charge in [-0.25, -0.2) is 4.39 Å². The maximum Gasteiger partial charge on any atom is 0.261 e. The van der Waals surface area contributed by atoms with Gasteiger partial charge in [0.15, 0.2) is 0 Å². The number of nitrogens with zero attached hydrogens (tertiary/aromatic N) is 2. The molecule has 2 aromatic rings. The van der Waals surface area contributed by atoms with Gasteiger partial charge in [0.1, 0.15) is 5.83 Å². The Bertz CT molecular complexity index is 823. The summed E-state index contributed by atoms with van der Waals surface area (Å²) >= 11 is 0. The Kier molecular flexibility index (Phi) is 4.65. The van der Waals surface area contributed by atoms with Crippen LogP contribution < -0.4 is 4.90 Å². The number of fused-ring (bicyclic) bond motifs is 1. The Morgan fingerprint density at radius 1 is 1.04 bits per heavy atom. The fraction of sp³-hybridized carbons (Fsp3) is 0.200. The molecule has 0 bridgehead atoms. The predicted octanol–water partition coefficient (Wildman–Crippen LogP) is 3.44. The van der Waals surface area contributed by atoms with Gasteiger partial charge in [-0.3, -0.25) is 14.5 Å². The van der Waals surface area contributed by atoms with Crippen LogP contribution in [0, 0.1) is 0 Å². The third kappa shape index (κ3) is 3.45. The standard InChI is InChI=1S/C20H19FN2O2/c1-22(2)16-7-5-6-14(12-16)10-11-15(21)13-23-19(24)17-8-3-4-9-18(17)20(23)25/h3-9,11-12H,10,13H2,1-2H3/b15-11+.